The Morgan fingerprint density at radius 3 is 2.15 bits per heavy atom. The largest absolute Gasteiger partial charge is 0.496 e. The molecule has 0 unspecified atom stereocenters. The van der Waals surface area contributed by atoms with Gasteiger partial charge < -0.3 is 15.2 Å². The number of benzene rings is 1. The van der Waals surface area contributed by atoms with Crippen molar-refractivity contribution in [3.05, 3.63) is 17.2 Å². The molecule has 0 radical (unpaired) electrons. The molecule has 0 aliphatic carbocycles. The van der Waals surface area contributed by atoms with Gasteiger partial charge in [0.05, 0.1) is 14.2 Å². The third-order valence-corrected chi connectivity index (χ3v) is 2.19. The van der Waals surface area contributed by atoms with Gasteiger partial charge in [0, 0.05) is 22.9 Å². The van der Waals surface area contributed by atoms with Crippen molar-refractivity contribution in [3.63, 3.8) is 0 Å². The number of rotatable bonds is 2. The monoisotopic (exact) mass is 181 g/mol. The van der Waals surface area contributed by atoms with Gasteiger partial charge in [0.25, 0.3) is 0 Å². The van der Waals surface area contributed by atoms with E-state index in [0.29, 0.717) is 5.69 Å². The van der Waals surface area contributed by atoms with Crippen molar-refractivity contribution in [3.8, 4) is 11.5 Å². The highest BCUT2D eigenvalue weighted by Gasteiger charge is 2.11. The first-order chi connectivity index (χ1) is 6.11. The summed E-state index contributed by atoms with van der Waals surface area (Å²) in [5, 5.41) is 0. The fourth-order valence-corrected chi connectivity index (χ4v) is 1.40. The molecule has 0 amide bonds. The zero-order chi connectivity index (χ0) is 10.0. The topological polar surface area (TPSA) is 44.5 Å². The predicted octanol–water partition coefficient (Wildman–Crippen LogP) is 1.90. The zero-order valence-corrected chi connectivity index (χ0v) is 8.47. The summed E-state index contributed by atoms with van der Waals surface area (Å²) in [5.41, 5.74) is 8.42. The summed E-state index contributed by atoms with van der Waals surface area (Å²) < 4.78 is 10.4. The zero-order valence-electron chi connectivity index (χ0n) is 8.47. The van der Waals surface area contributed by atoms with Gasteiger partial charge in [-0.25, -0.2) is 0 Å². The van der Waals surface area contributed by atoms with Crippen molar-refractivity contribution < 1.29 is 9.47 Å². The van der Waals surface area contributed by atoms with E-state index in [2.05, 4.69) is 0 Å². The Balaban J connectivity index is 3.39. The minimum absolute atomic E-state index is 0.694. The average molecular weight is 181 g/mol. The third kappa shape index (κ3) is 1.54. The Morgan fingerprint density at radius 2 is 1.69 bits per heavy atom. The van der Waals surface area contributed by atoms with E-state index >= 15 is 0 Å². The molecule has 0 spiro atoms. The predicted molar refractivity (Wildman–Crippen MR) is 53.4 cm³/mol. The summed E-state index contributed by atoms with van der Waals surface area (Å²) in [4.78, 5) is 0. The summed E-state index contributed by atoms with van der Waals surface area (Å²) in [5.74, 6) is 1.57. The van der Waals surface area contributed by atoms with Gasteiger partial charge in [-0.2, -0.15) is 0 Å². The van der Waals surface area contributed by atoms with E-state index in [4.69, 9.17) is 15.2 Å². The van der Waals surface area contributed by atoms with Crippen molar-refractivity contribution in [1.82, 2.24) is 0 Å². The van der Waals surface area contributed by atoms with Crippen molar-refractivity contribution in [2.45, 2.75) is 13.8 Å². The molecule has 13 heavy (non-hydrogen) atoms. The second-order valence-electron chi connectivity index (χ2n) is 2.95. The molecule has 0 saturated heterocycles. The molecule has 1 rings (SSSR count). The van der Waals surface area contributed by atoms with Crippen LogP contribution in [0.3, 0.4) is 0 Å². The second kappa shape index (κ2) is 3.56. The molecule has 0 aromatic heterocycles. The van der Waals surface area contributed by atoms with Gasteiger partial charge in [-0.1, -0.05) is 0 Å². The lowest BCUT2D eigenvalue weighted by atomic mass is 10.1. The number of nitrogens with two attached hydrogens (primary N) is 1. The van der Waals surface area contributed by atoms with Crippen LogP contribution in [0, 0.1) is 13.8 Å². The minimum atomic E-state index is 0.694. The van der Waals surface area contributed by atoms with E-state index in [1.807, 2.05) is 19.9 Å². The summed E-state index contributed by atoms with van der Waals surface area (Å²) >= 11 is 0. The quantitative estimate of drug-likeness (QED) is 0.709. The molecule has 0 aliphatic heterocycles. The van der Waals surface area contributed by atoms with Gasteiger partial charge in [0.1, 0.15) is 11.5 Å². The van der Waals surface area contributed by atoms with Crippen LogP contribution in [0.1, 0.15) is 11.1 Å². The van der Waals surface area contributed by atoms with E-state index in [0.717, 1.165) is 22.6 Å². The highest BCUT2D eigenvalue weighted by molar-refractivity contribution is 5.62. The summed E-state index contributed by atoms with van der Waals surface area (Å²) in [6.07, 6.45) is 0. The van der Waals surface area contributed by atoms with Crippen molar-refractivity contribution in [2.24, 2.45) is 0 Å². The molecular formula is C10H15NO2. The van der Waals surface area contributed by atoms with Crippen LogP contribution in [0.15, 0.2) is 6.07 Å². The Morgan fingerprint density at radius 1 is 1.08 bits per heavy atom. The standard InChI is InChI=1S/C10H15NO2/c1-6-8(11)5-9(12-3)7(2)10(6)13-4/h5H,11H2,1-4H3. The van der Waals surface area contributed by atoms with E-state index in [9.17, 15) is 0 Å². The fourth-order valence-electron chi connectivity index (χ4n) is 1.40. The molecule has 1 aromatic carbocycles. The van der Waals surface area contributed by atoms with E-state index in [1.165, 1.54) is 0 Å². The van der Waals surface area contributed by atoms with E-state index in [-0.39, 0.29) is 0 Å². The van der Waals surface area contributed by atoms with Crippen LogP contribution in [-0.4, -0.2) is 14.2 Å². The fraction of sp³-hybridized carbons (Fsp3) is 0.400. The molecule has 72 valence electrons. The minimum Gasteiger partial charge on any atom is -0.496 e. The van der Waals surface area contributed by atoms with Crippen molar-refractivity contribution >= 4 is 5.69 Å². The number of nitrogen functional groups attached to an aromatic ring is 1. The van der Waals surface area contributed by atoms with Crippen molar-refractivity contribution in [2.75, 3.05) is 20.0 Å². The van der Waals surface area contributed by atoms with E-state index < -0.39 is 0 Å². The molecule has 0 bridgehead atoms. The lowest BCUT2D eigenvalue weighted by Crippen LogP contribution is -1.99. The average Bonchev–Trinajstić information content (AvgIpc) is 2.12. The first-order valence-corrected chi connectivity index (χ1v) is 4.09. The van der Waals surface area contributed by atoms with Crippen LogP contribution in [0.25, 0.3) is 0 Å². The lowest BCUT2D eigenvalue weighted by molar-refractivity contribution is 0.387. The molecule has 0 atom stereocenters. The number of hydrogen-bond donors (Lipinski definition) is 1. The smallest absolute Gasteiger partial charge is 0.130 e. The first-order valence-electron chi connectivity index (χ1n) is 4.09. The van der Waals surface area contributed by atoms with Gasteiger partial charge in [0.2, 0.25) is 0 Å². The summed E-state index contributed by atoms with van der Waals surface area (Å²) in [6.45, 7) is 3.88. The normalized spacial score (nSPS) is 9.85. The SMILES string of the molecule is COc1cc(N)c(C)c(OC)c1C. The summed E-state index contributed by atoms with van der Waals surface area (Å²) in [6, 6.07) is 1.81. The first kappa shape index (κ1) is 9.71. The van der Waals surface area contributed by atoms with Gasteiger partial charge in [-0.15, -0.1) is 0 Å². The lowest BCUT2D eigenvalue weighted by Gasteiger charge is -2.14. The van der Waals surface area contributed by atoms with Gasteiger partial charge >= 0.3 is 0 Å². The van der Waals surface area contributed by atoms with Gasteiger partial charge in [-0.3, -0.25) is 0 Å². The second-order valence-corrected chi connectivity index (χ2v) is 2.95. The summed E-state index contributed by atoms with van der Waals surface area (Å²) in [7, 11) is 3.25. The highest BCUT2D eigenvalue weighted by Crippen LogP contribution is 2.34. The molecule has 0 heterocycles. The van der Waals surface area contributed by atoms with Crippen molar-refractivity contribution in [1.29, 1.82) is 0 Å². The molecular weight excluding hydrogens is 166 g/mol. The van der Waals surface area contributed by atoms with Crippen LogP contribution in [0.2, 0.25) is 0 Å². The number of ether oxygens (including phenoxy) is 2. The maximum absolute atomic E-state index is 5.78. The Kier molecular flexibility index (Phi) is 2.66. The Hall–Kier alpha value is -1.38. The van der Waals surface area contributed by atoms with E-state index in [1.54, 1.807) is 14.2 Å². The molecule has 0 aliphatic rings. The van der Waals surface area contributed by atoms with Crippen LogP contribution in [0.4, 0.5) is 5.69 Å². The Bertz CT molecular complexity index is 321. The highest BCUT2D eigenvalue weighted by atomic mass is 16.5. The number of anilines is 1. The molecule has 0 fully saturated rings. The molecule has 0 saturated carbocycles. The van der Waals surface area contributed by atoms with Crippen LogP contribution < -0.4 is 15.2 Å². The molecule has 2 N–H and O–H groups in total. The van der Waals surface area contributed by atoms with Gasteiger partial charge in [-0.05, 0) is 13.8 Å². The van der Waals surface area contributed by atoms with Crippen LogP contribution >= 0.6 is 0 Å². The number of hydrogen-bond acceptors (Lipinski definition) is 3. The maximum Gasteiger partial charge on any atom is 0.130 e. The number of methoxy groups -OCH3 is 2. The van der Waals surface area contributed by atoms with Gasteiger partial charge in [0.15, 0.2) is 0 Å². The molecule has 3 nitrogen and oxygen atoms in total. The molecule has 3 heteroatoms. The Labute approximate surface area is 78.5 Å². The van der Waals surface area contributed by atoms with Crippen LogP contribution in [-0.2, 0) is 0 Å². The molecule has 1 aromatic rings. The maximum atomic E-state index is 5.78. The third-order valence-electron chi connectivity index (χ3n) is 2.19. The van der Waals surface area contributed by atoms with Crippen LogP contribution in [0.5, 0.6) is 11.5 Å².